The molecule has 0 saturated carbocycles. The fraction of sp³-hybridized carbons (Fsp3) is 0.550. The van der Waals surface area contributed by atoms with Crippen LogP contribution < -0.4 is 0 Å². The summed E-state index contributed by atoms with van der Waals surface area (Å²) >= 11 is 0. The summed E-state index contributed by atoms with van der Waals surface area (Å²) in [5, 5.41) is 0. The van der Waals surface area contributed by atoms with Gasteiger partial charge in [0, 0.05) is 48.4 Å². The SMILES string of the molecule is CCCCCCC#CCCCc1ccccc1N=CC(CCCC)=Nc1ccccc1CCCC#CCCCCCC.[Ni]. The van der Waals surface area contributed by atoms with E-state index < -0.39 is 0 Å². The van der Waals surface area contributed by atoms with Gasteiger partial charge >= 0.3 is 0 Å². The number of hydrogen-bond donors (Lipinski definition) is 0. The van der Waals surface area contributed by atoms with Crippen molar-refractivity contribution in [1.82, 2.24) is 0 Å². The van der Waals surface area contributed by atoms with Crippen LogP contribution in [0.3, 0.4) is 0 Å². The molecular weight excluding hydrogens is 567 g/mol. The van der Waals surface area contributed by atoms with Gasteiger partial charge in [0.05, 0.1) is 17.1 Å². The number of benzene rings is 2. The van der Waals surface area contributed by atoms with Crippen molar-refractivity contribution in [3.63, 3.8) is 0 Å². The van der Waals surface area contributed by atoms with Gasteiger partial charge < -0.3 is 0 Å². The van der Waals surface area contributed by atoms with Crippen molar-refractivity contribution in [3.05, 3.63) is 59.7 Å². The van der Waals surface area contributed by atoms with Gasteiger partial charge in [-0.25, -0.2) is 0 Å². The van der Waals surface area contributed by atoms with Gasteiger partial charge in [0.2, 0.25) is 0 Å². The number of unbranched alkanes of at least 4 members (excludes halogenated alkanes) is 11. The molecule has 0 fully saturated rings. The number of nitrogens with zero attached hydrogens (tertiary/aromatic N) is 2. The van der Waals surface area contributed by atoms with Crippen LogP contribution in [0, 0.1) is 23.7 Å². The third-order valence-corrected chi connectivity index (χ3v) is 7.44. The Balaban J connectivity index is 0.00000924. The molecule has 0 amide bonds. The molecule has 0 aliphatic heterocycles. The summed E-state index contributed by atoms with van der Waals surface area (Å²) in [6, 6.07) is 17.1. The van der Waals surface area contributed by atoms with Crippen molar-refractivity contribution >= 4 is 23.3 Å². The van der Waals surface area contributed by atoms with E-state index in [0.717, 1.165) is 87.7 Å². The van der Waals surface area contributed by atoms with Crippen LogP contribution >= 0.6 is 0 Å². The molecular formula is C40H56N2Ni. The first kappa shape index (κ1) is 38.4. The van der Waals surface area contributed by atoms with Gasteiger partial charge in [-0.2, -0.15) is 0 Å². The molecule has 0 spiro atoms. The molecule has 0 atom stereocenters. The Morgan fingerprint density at radius 1 is 0.558 bits per heavy atom. The molecule has 0 heterocycles. The van der Waals surface area contributed by atoms with Gasteiger partial charge in [0.25, 0.3) is 0 Å². The third-order valence-electron chi connectivity index (χ3n) is 7.44. The van der Waals surface area contributed by atoms with Gasteiger partial charge in [-0.15, -0.1) is 23.7 Å². The molecule has 0 bridgehead atoms. The molecule has 0 aromatic heterocycles. The first-order chi connectivity index (χ1) is 20.8. The Labute approximate surface area is 275 Å². The van der Waals surface area contributed by atoms with Crippen LogP contribution in [-0.4, -0.2) is 11.9 Å². The molecule has 236 valence electrons. The van der Waals surface area contributed by atoms with Crippen LogP contribution in [0.25, 0.3) is 0 Å². The van der Waals surface area contributed by atoms with E-state index in [1.807, 2.05) is 6.21 Å². The van der Waals surface area contributed by atoms with Crippen LogP contribution in [0.4, 0.5) is 11.4 Å². The van der Waals surface area contributed by atoms with Crippen LogP contribution in [0.1, 0.15) is 141 Å². The Morgan fingerprint density at radius 3 is 1.56 bits per heavy atom. The van der Waals surface area contributed by atoms with Crippen LogP contribution in [0.5, 0.6) is 0 Å². The average Bonchev–Trinajstić information content (AvgIpc) is 3.02. The van der Waals surface area contributed by atoms with E-state index in [9.17, 15) is 0 Å². The summed E-state index contributed by atoms with van der Waals surface area (Å²) in [4.78, 5) is 10.1. The van der Waals surface area contributed by atoms with E-state index in [2.05, 4.69) is 93.0 Å². The first-order valence-electron chi connectivity index (χ1n) is 17.0. The van der Waals surface area contributed by atoms with Crippen LogP contribution in [-0.2, 0) is 29.3 Å². The molecule has 0 saturated heterocycles. The summed E-state index contributed by atoms with van der Waals surface area (Å²) in [7, 11) is 0. The van der Waals surface area contributed by atoms with Gasteiger partial charge in [0.15, 0.2) is 0 Å². The summed E-state index contributed by atoms with van der Waals surface area (Å²) in [6.45, 7) is 6.74. The normalized spacial score (nSPS) is 11.0. The smallest absolute Gasteiger partial charge is 0.0665 e. The van der Waals surface area contributed by atoms with E-state index in [1.54, 1.807) is 0 Å². The Morgan fingerprint density at radius 2 is 1.02 bits per heavy atom. The maximum Gasteiger partial charge on any atom is 0.0665 e. The summed E-state index contributed by atoms with van der Waals surface area (Å²) < 4.78 is 0. The molecule has 2 rings (SSSR count). The molecule has 0 radical (unpaired) electrons. The minimum Gasteiger partial charge on any atom is -0.255 e. The van der Waals surface area contributed by atoms with E-state index in [0.29, 0.717) is 0 Å². The summed E-state index contributed by atoms with van der Waals surface area (Å²) in [5.41, 5.74) is 5.77. The second kappa shape index (κ2) is 27.0. The van der Waals surface area contributed by atoms with E-state index in [-0.39, 0.29) is 16.5 Å². The van der Waals surface area contributed by atoms with E-state index in [1.165, 1.54) is 62.5 Å². The van der Waals surface area contributed by atoms with Crippen molar-refractivity contribution in [2.24, 2.45) is 9.98 Å². The molecule has 2 nitrogen and oxygen atoms in total. The minimum atomic E-state index is 0. The number of para-hydroxylation sites is 2. The average molecular weight is 624 g/mol. The predicted octanol–water partition coefficient (Wildman–Crippen LogP) is 11.9. The minimum absolute atomic E-state index is 0. The Kier molecular flexibility index (Phi) is 24.1. The topological polar surface area (TPSA) is 24.7 Å². The van der Waals surface area contributed by atoms with Crippen molar-refractivity contribution in [2.75, 3.05) is 0 Å². The van der Waals surface area contributed by atoms with Gasteiger partial charge in [-0.3, -0.25) is 9.98 Å². The molecule has 0 unspecified atom stereocenters. The Bertz CT molecular complexity index is 1170. The third kappa shape index (κ3) is 18.6. The number of aliphatic imine (C=N–C) groups is 2. The molecule has 2 aromatic carbocycles. The van der Waals surface area contributed by atoms with Crippen LogP contribution in [0.15, 0.2) is 58.5 Å². The summed E-state index contributed by atoms with van der Waals surface area (Å²) in [5.74, 6) is 13.5. The van der Waals surface area contributed by atoms with E-state index >= 15 is 0 Å². The zero-order chi connectivity index (χ0) is 29.9. The van der Waals surface area contributed by atoms with Crippen molar-refractivity contribution in [3.8, 4) is 23.7 Å². The second-order valence-corrected chi connectivity index (χ2v) is 11.3. The second-order valence-electron chi connectivity index (χ2n) is 11.3. The fourth-order valence-electron chi connectivity index (χ4n) is 4.85. The monoisotopic (exact) mass is 622 g/mol. The molecule has 3 heteroatoms. The molecule has 0 N–H and O–H groups in total. The van der Waals surface area contributed by atoms with Crippen LogP contribution in [0.2, 0.25) is 0 Å². The van der Waals surface area contributed by atoms with Gasteiger partial charge in [-0.05, 0) is 74.6 Å². The Hall–Kier alpha value is -2.61. The zero-order valence-corrected chi connectivity index (χ0v) is 28.3. The van der Waals surface area contributed by atoms with Gasteiger partial charge in [0.1, 0.15) is 0 Å². The maximum absolute atomic E-state index is 5.13. The van der Waals surface area contributed by atoms with Crippen molar-refractivity contribution < 1.29 is 16.5 Å². The number of hydrogen-bond acceptors (Lipinski definition) is 2. The van der Waals surface area contributed by atoms with Gasteiger partial charge in [-0.1, -0.05) is 102 Å². The fourth-order valence-corrected chi connectivity index (χ4v) is 4.85. The van der Waals surface area contributed by atoms with Crippen molar-refractivity contribution in [1.29, 1.82) is 0 Å². The summed E-state index contributed by atoms with van der Waals surface area (Å²) in [6.07, 6.45) is 23.6. The molecule has 43 heavy (non-hydrogen) atoms. The molecule has 0 aliphatic carbocycles. The quantitative estimate of drug-likeness (QED) is 0.0607. The van der Waals surface area contributed by atoms with E-state index in [4.69, 9.17) is 9.98 Å². The predicted molar refractivity (Wildman–Crippen MR) is 187 cm³/mol. The standard InChI is InChI=1S/C40H56N2.Ni/c1-4-7-10-12-14-16-18-20-22-28-36-30-24-26-33-39(36)41-35-38(32-9-6-3)42-40-34-27-25-31-37(40)29-23-21-19-17-15-13-11-8-5-2;/h24-27,30-31,33-35H,4-15,20-23,28-29,32H2,1-3H3;. The number of rotatable bonds is 20. The zero-order valence-electron chi connectivity index (χ0n) is 27.3. The maximum atomic E-state index is 5.13. The van der Waals surface area contributed by atoms with Crippen molar-refractivity contribution in [2.45, 2.75) is 143 Å². The molecule has 2 aromatic rings. The first-order valence-corrected chi connectivity index (χ1v) is 17.0. The number of aryl methyl sites for hydroxylation is 2. The molecule has 0 aliphatic rings. The largest absolute Gasteiger partial charge is 0.255 e.